The van der Waals surface area contributed by atoms with Crippen LogP contribution in [-0.2, 0) is 14.8 Å². The number of ether oxygens (including phenoxy) is 1. The minimum atomic E-state index is -3.56. The molecular weight excluding hydrogens is 311 g/mol. The molecule has 1 saturated heterocycles. The number of pyridine rings is 1. The minimum Gasteiger partial charge on any atom is -0.381 e. The third kappa shape index (κ3) is 3.20. The van der Waals surface area contributed by atoms with Crippen LogP contribution in [0, 0.1) is 0 Å². The van der Waals surface area contributed by atoms with Crippen LogP contribution < -0.4 is 0 Å². The molecule has 0 saturated carbocycles. The lowest BCUT2D eigenvalue weighted by atomic mass is 10.1. The molecule has 0 atom stereocenters. The highest BCUT2D eigenvalue weighted by molar-refractivity contribution is 7.89. The Morgan fingerprint density at radius 3 is 2.53 bits per heavy atom. The average Bonchev–Trinajstić information content (AvgIpc) is 2.41. The Morgan fingerprint density at radius 1 is 1.37 bits per heavy atom. The smallest absolute Gasteiger partial charge is 0.244 e. The van der Waals surface area contributed by atoms with E-state index in [1.807, 2.05) is 0 Å². The molecule has 5 nitrogen and oxygen atoms in total. The molecule has 19 heavy (non-hydrogen) atoms. The van der Waals surface area contributed by atoms with E-state index in [0.717, 1.165) is 0 Å². The van der Waals surface area contributed by atoms with Crippen molar-refractivity contribution in [2.24, 2.45) is 0 Å². The first-order valence-corrected chi connectivity index (χ1v) is 7.98. The summed E-state index contributed by atoms with van der Waals surface area (Å²) < 4.78 is 31.4. The zero-order valence-electron chi connectivity index (χ0n) is 10.3. The van der Waals surface area contributed by atoms with E-state index in [1.165, 1.54) is 16.6 Å². The van der Waals surface area contributed by atoms with Crippen LogP contribution in [0.4, 0.5) is 0 Å². The van der Waals surface area contributed by atoms with Crippen LogP contribution in [0.2, 0.25) is 10.2 Å². The molecule has 1 aromatic rings. The van der Waals surface area contributed by atoms with Gasteiger partial charge in [0.05, 0.1) is 11.1 Å². The van der Waals surface area contributed by atoms with Gasteiger partial charge >= 0.3 is 0 Å². The highest BCUT2D eigenvalue weighted by Crippen LogP contribution is 2.26. The van der Waals surface area contributed by atoms with Gasteiger partial charge in [0.2, 0.25) is 10.0 Å². The highest BCUT2D eigenvalue weighted by atomic mass is 35.5. The molecule has 0 aliphatic carbocycles. The third-order valence-electron chi connectivity index (χ3n) is 3.14. The van der Waals surface area contributed by atoms with Crippen LogP contribution in [0.15, 0.2) is 17.2 Å². The monoisotopic (exact) mass is 324 g/mol. The Balaban J connectivity index is 2.21. The van der Waals surface area contributed by atoms with Gasteiger partial charge < -0.3 is 4.74 Å². The van der Waals surface area contributed by atoms with Crippen molar-refractivity contribution >= 4 is 33.2 Å². The standard InChI is InChI=1S/C11H14Cl2N2O3S/c1-18-8-2-4-15(5-3-8)19(16,17)9-6-10(12)11(13)14-7-9/h6-8H,2-5H2,1H3. The quantitative estimate of drug-likeness (QED) is 0.800. The number of methoxy groups -OCH3 is 1. The molecule has 8 heteroatoms. The van der Waals surface area contributed by atoms with Gasteiger partial charge in [0, 0.05) is 26.4 Å². The van der Waals surface area contributed by atoms with E-state index in [9.17, 15) is 8.42 Å². The van der Waals surface area contributed by atoms with E-state index in [4.69, 9.17) is 27.9 Å². The van der Waals surface area contributed by atoms with Crippen molar-refractivity contribution in [3.8, 4) is 0 Å². The third-order valence-corrected chi connectivity index (χ3v) is 5.69. The maximum Gasteiger partial charge on any atom is 0.244 e. The number of nitrogens with zero attached hydrogens (tertiary/aromatic N) is 2. The molecule has 1 aliphatic heterocycles. The molecule has 2 rings (SSSR count). The van der Waals surface area contributed by atoms with E-state index in [1.54, 1.807) is 7.11 Å². The zero-order chi connectivity index (χ0) is 14.0. The van der Waals surface area contributed by atoms with Gasteiger partial charge in [-0.05, 0) is 18.9 Å². The lowest BCUT2D eigenvalue weighted by Gasteiger charge is -2.30. The van der Waals surface area contributed by atoms with Crippen molar-refractivity contribution in [1.29, 1.82) is 0 Å². The van der Waals surface area contributed by atoms with Gasteiger partial charge in [0.1, 0.15) is 10.0 Å². The SMILES string of the molecule is COC1CCN(S(=O)(=O)c2cnc(Cl)c(Cl)c2)CC1. The predicted octanol–water partition coefficient (Wildman–Crippen LogP) is 2.19. The number of aromatic nitrogens is 1. The number of piperidine rings is 1. The number of hydrogen-bond donors (Lipinski definition) is 0. The first-order chi connectivity index (χ1) is 8.95. The molecule has 106 valence electrons. The van der Waals surface area contributed by atoms with E-state index >= 15 is 0 Å². The molecule has 2 heterocycles. The Kier molecular flexibility index (Phi) is 4.68. The largest absolute Gasteiger partial charge is 0.381 e. The van der Waals surface area contributed by atoms with E-state index in [-0.39, 0.29) is 21.2 Å². The van der Waals surface area contributed by atoms with Gasteiger partial charge in [0.25, 0.3) is 0 Å². The summed E-state index contributed by atoms with van der Waals surface area (Å²) in [7, 11) is -1.92. The van der Waals surface area contributed by atoms with Crippen molar-refractivity contribution < 1.29 is 13.2 Å². The Hall–Kier alpha value is -0.400. The average molecular weight is 325 g/mol. The maximum absolute atomic E-state index is 12.4. The molecule has 0 spiro atoms. The van der Waals surface area contributed by atoms with Crippen molar-refractivity contribution in [1.82, 2.24) is 9.29 Å². The first-order valence-electron chi connectivity index (χ1n) is 5.79. The second kappa shape index (κ2) is 5.93. The maximum atomic E-state index is 12.4. The summed E-state index contributed by atoms with van der Waals surface area (Å²) in [5, 5.41) is 0.230. The number of hydrogen-bond acceptors (Lipinski definition) is 4. The summed E-state index contributed by atoms with van der Waals surface area (Å²) in [5.74, 6) is 0. The van der Waals surface area contributed by atoms with E-state index < -0.39 is 10.0 Å². The normalized spacial score (nSPS) is 18.7. The number of sulfonamides is 1. The first kappa shape index (κ1) is 15.0. The molecular formula is C11H14Cl2N2O3S. The summed E-state index contributed by atoms with van der Waals surface area (Å²) in [4.78, 5) is 3.84. The molecule has 1 fully saturated rings. The van der Waals surface area contributed by atoms with Crippen LogP contribution >= 0.6 is 23.2 Å². The van der Waals surface area contributed by atoms with Gasteiger partial charge in [-0.3, -0.25) is 0 Å². The van der Waals surface area contributed by atoms with Gasteiger partial charge in [-0.1, -0.05) is 23.2 Å². The van der Waals surface area contributed by atoms with Crippen molar-refractivity contribution in [2.75, 3.05) is 20.2 Å². The van der Waals surface area contributed by atoms with Gasteiger partial charge in [0.15, 0.2) is 0 Å². The van der Waals surface area contributed by atoms with Gasteiger partial charge in [-0.2, -0.15) is 4.31 Å². The van der Waals surface area contributed by atoms with Crippen LogP contribution in [-0.4, -0.2) is 44.0 Å². The molecule has 1 aliphatic rings. The molecule has 1 aromatic heterocycles. The molecule has 0 N–H and O–H groups in total. The molecule has 0 unspecified atom stereocenters. The molecule has 0 bridgehead atoms. The lowest BCUT2D eigenvalue weighted by Crippen LogP contribution is -2.40. The zero-order valence-corrected chi connectivity index (χ0v) is 12.7. The summed E-state index contributed by atoms with van der Waals surface area (Å²) in [6.45, 7) is 0.863. The van der Waals surface area contributed by atoms with Crippen molar-refractivity contribution in [2.45, 2.75) is 23.8 Å². The lowest BCUT2D eigenvalue weighted by molar-refractivity contribution is 0.0604. The van der Waals surface area contributed by atoms with Gasteiger partial charge in [-0.15, -0.1) is 0 Å². The Bertz CT molecular complexity index is 557. The molecule has 0 amide bonds. The summed E-state index contributed by atoms with van der Waals surface area (Å²) in [6.07, 6.45) is 2.72. The predicted molar refractivity (Wildman–Crippen MR) is 73.0 cm³/mol. The molecule has 0 radical (unpaired) electrons. The van der Waals surface area contributed by atoms with Crippen LogP contribution in [0.25, 0.3) is 0 Å². The Morgan fingerprint density at radius 2 is 2.00 bits per heavy atom. The van der Waals surface area contributed by atoms with Crippen LogP contribution in [0.3, 0.4) is 0 Å². The van der Waals surface area contributed by atoms with Crippen LogP contribution in [0.5, 0.6) is 0 Å². The number of rotatable bonds is 3. The topological polar surface area (TPSA) is 59.5 Å². The van der Waals surface area contributed by atoms with E-state index in [2.05, 4.69) is 4.98 Å². The van der Waals surface area contributed by atoms with Gasteiger partial charge in [-0.25, -0.2) is 13.4 Å². The summed E-state index contributed by atoms with van der Waals surface area (Å²) >= 11 is 11.5. The number of halogens is 2. The second-order valence-electron chi connectivity index (χ2n) is 4.28. The Labute approximate surface area is 122 Å². The minimum absolute atomic E-state index is 0.0674. The van der Waals surface area contributed by atoms with Crippen molar-refractivity contribution in [3.63, 3.8) is 0 Å². The summed E-state index contributed by atoms with van der Waals surface area (Å²) in [5.41, 5.74) is 0. The highest BCUT2D eigenvalue weighted by Gasteiger charge is 2.29. The second-order valence-corrected chi connectivity index (χ2v) is 6.99. The van der Waals surface area contributed by atoms with Crippen LogP contribution in [0.1, 0.15) is 12.8 Å². The summed E-state index contributed by atoms with van der Waals surface area (Å²) in [6, 6.07) is 1.33. The van der Waals surface area contributed by atoms with Crippen molar-refractivity contribution in [3.05, 3.63) is 22.4 Å². The fraction of sp³-hybridized carbons (Fsp3) is 0.545. The fourth-order valence-corrected chi connectivity index (χ4v) is 3.78. The fourth-order valence-electron chi connectivity index (χ4n) is 2.00. The van der Waals surface area contributed by atoms with E-state index in [0.29, 0.717) is 25.9 Å². The molecule has 0 aromatic carbocycles.